The third kappa shape index (κ3) is 5.45. The number of hydrogen-bond donors (Lipinski definition) is 1. The maximum atomic E-state index is 13.4. The lowest BCUT2D eigenvalue weighted by Crippen LogP contribution is -2.41. The van der Waals surface area contributed by atoms with Crippen molar-refractivity contribution in [3.63, 3.8) is 0 Å². The Kier molecular flexibility index (Phi) is 7.65. The molecule has 2 amide bonds. The monoisotopic (exact) mass is 491 g/mol. The topological polar surface area (TPSA) is 101 Å². The summed E-state index contributed by atoms with van der Waals surface area (Å²) in [5.41, 5.74) is 2.71. The molecule has 9 heteroatoms. The minimum atomic E-state index is -0.409. The molecule has 180 valence electrons. The molecule has 1 aliphatic heterocycles. The van der Waals surface area contributed by atoms with Crippen molar-refractivity contribution in [1.29, 1.82) is 5.26 Å². The van der Waals surface area contributed by atoms with E-state index in [0.29, 0.717) is 53.9 Å². The van der Waals surface area contributed by atoms with E-state index in [-0.39, 0.29) is 12.5 Å². The fourth-order valence-electron chi connectivity index (χ4n) is 3.81. The zero-order chi connectivity index (χ0) is 24.8. The van der Waals surface area contributed by atoms with Crippen LogP contribution >= 0.6 is 11.3 Å². The summed E-state index contributed by atoms with van der Waals surface area (Å²) in [4.78, 5) is 29.0. The molecule has 35 heavy (non-hydrogen) atoms. The van der Waals surface area contributed by atoms with E-state index in [1.54, 1.807) is 23.1 Å². The van der Waals surface area contributed by atoms with Gasteiger partial charge < -0.3 is 24.4 Å². The van der Waals surface area contributed by atoms with Gasteiger partial charge in [-0.3, -0.25) is 9.59 Å². The van der Waals surface area contributed by atoms with Gasteiger partial charge in [0.1, 0.15) is 5.00 Å². The molecule has 3 aromatic rings. The molecule has 0 aliphatic carbocycles. The van der Waals surface area contributed by atoms with Crippen molar-refractivity contribution >= 4 is 28.2 Å². The minimum Gasteiger partial charge on any atom is -0.493 e. The Labute approximate surface area is 207 Å². The second kappa shape index (κ2) is 11.0. The maximum absolute atomic E-state index is 13.4. The number of ether oxygens (including phenoxy) is 3. The van der Waals surface area contributed by atoms with Crippen LogP contribution in [0.2, 0.25) is 0 Å². The van der Waals surface area contributed by atoms with Gasteiger partial charge in [-0.05, 0) is 30.2 Å². The Morgan fingerprint density at radius 3 is 2.57 bits per heavy atom. The van der Waals surface area contributed by atoms with Gasteiger partial charge in [-0.1, -0.05) is 30.3 Å². The Morgan fingerprint density at radius 1 is 1.14 bits per heavy atom. The molecular formula is C26H25N3O5S. The molecule has 0 radical (unpaired) electrons. The Morgan fingerprint density at radius 2 is 1.89 bits per heavy atom. The minimum absolute atomic E-state index is 0.130. The molecule has 1 N–H and O–H groups in total. The summed E-state index contributed by atoms with van der Waals surface area (Å²) in [7, 11) is 1.46. The maximum Gasteiger partial charge on any atom is 0.262 e. The van der Waals surface area contributed by atoms with Crippen molar-refractivity contribution in [1.82, 2.24) is 4.90 Å². The van der Waals surface area contributed by atoms with E-state index in [4.69, 9.17) is 19.5 Å². The summed E-state index contributed by atoms with van der Waals surface area (Å²) in [5.74, 6) is 0.166. The average molecular weight is 492 g/mol. The van der Waals surface area contributed by atoms with Gasteiger partial charge in [-0.15, -0.1) is 11.3 Å². The lowest BCUT2D eigenvalue weighted by atomic mass is 10.1. The van der Waals surface area contributed by atoms with E-state index >= 15 is 0 Å². The van der Waals surface area contributed by atoms with Crippen LogP contribution in [-0.2, 0) is 9.53 Å². The summed E-state index contributed by atoms with van der Waals surface area (Å²) in [6.45, 7) is 3.60. The number of thiophene rings is 1. The Hall–Kier alpha value is -3.87. The summed E-state index contributed by atoms with van der Waals surface area (Å²) < 4.78 is 16.3. The van der Waals surface area contributed by atoms with Crippen molar-refractivity contribution in [3.05, 3.63) is 65.2 Å². The zero-order valence-corrected chi connectivity index (χ0v) is 20.3. The highest BCUT2D eigenvalue weighted by molar-refractivity contribution is 7.20. The first-order chi connectivity index (χ1) is 17.0. The standard InChI is InChI=1S/C26H25N3O5S/c1-17-23(26(31)29-10-12-33-13-11-29)25(35-24(17)19-6-4-3-5-7-19)28-22(30)16-34-20-9-8-18(15-27)14-21(20)32-2/h3-9,14H,10-13,16H2,1-2H3,(H,28,30). The highest BCUT2D eigenvalue weighted by Crippen LogP contribution is 2.40. The fraction of sp³-hybridized carbons (Fsp3) is 0.269. The molecule has 0 atom stereocenters. The smallest absolute Gasteiger partial charge is 0.262 e. The molecule has 1 aliphatic rings. The number of nitriles is 1. The number of anilines is 1. The number of nitrogens with one attached hydrogen (secondary N) is 1. The summed E-state index contributed by atoms with van der Waals surface area (Å²) >= 11 is 1.37. The van der Waals surface area contributed by atoms with Crippen molar-refractivity contribution < 1.29 is 23.8 Å². The summed E-state index contributed by atoms with van der Waals surface area (Å²) in [6.07, 6.45) is 0. The van der Waals surface area contributed by atoms with Crippen LogP contribution < -0.4 is 14.8 Å². The quantitative estimate of drug-likeness (QED) is 0.534. The first kappa shape index (κ1) is 24.3. The molecule has 1 saturated heterocycles. The van der Waals surface area contributed by atoms with Gasteiger partial charge in [0.25, 0.3) is 11.8 Å². The predicted molar refractivity (Wildman–Crippen MR) is 133 cm³/mol. The highest BCUT2D eigenvalue weighted by Gasteiger charge is 2.28. The van der Waals surface area contributed by atoms with Crippen LogP contribution in [0, 0.1) is 18.3 Å². The number of rotatable bonds is 7. The number of benzene rings is 2. The molecule has 2 heterocycles. The Bertz CT molecular complexity index is 1260. The second-order valence-corrected chi connectivity index (χ2v) is 8.87. The van der Waals surface area contributed by atoms with Gasteiger partial charge >= 0.3 is 0 Å². The fourth-order valence-corrected chi connectivity index (χ4v) is 5.03. The molecule has 1 fully saturated rings. The number of methoxy groups -OCH3 is 1. The summed E-state index contributed by atoms with van der Waals surface area (Å²) in [5, 5.41) is 12.4. The molecule has 8 nitrogen and oxygen atoms in total. The van der Waals surface area contributed by atoms with Gasteiger partial charge in [0.05, 0.1) is 37.5 Å². The molecule has 0 bridgehead atoms. The molecular weight excluding hydrogens is 466 g/mol. The van der Waals surface area contributed by atoms with Gasteiger partial charge in [0.15, 0.2) is 18.1 Å². The third-order valence-electron chi connectivity index (χ3n) is 5.60. The van der Waals surface area contributed by atoms with Crippen LogP contribution in [0.15, 0.2) is 48.5 Å². The van der Waals surface area contributed by atoms with E-state index in [9.17, 15) is 9.59 Å². The van der Waals surface area contributed by atoms with E-state index in [1.165, 1.54) is 18.4 Å². The average Bonchev–Trinajstić information content (AvgIpc) is 3.23. The van der Waals surface area contributed by atoms with Crippen LogP contribution in [0.1, 0.15) is 21.5 Å². The van der Waals surface area contributed by atoms with Gasteiger partial charge in [0, 0.05) is 24.0 Å². The Balaban J connectivity index is 1.58. The van der Waals surface area contributed by atoms with Crippen LogP contribution in [-0.4, -0.2) is 56.7 Å². The van der Waals surface area contributed by atoms with Gasteiger partial charge in [-0.2, -0.15) is 5.26 Å². The van der Waals surface area contributed by atoms with E-state index in [1.807, 2.05) is 43.3 Å². The number of nitrogens with zero attached hydrogens (tertiary/aromatic N) is 2. The van der Waals surface area contributed by atoms with Crippen LogP contribution in [0.25, 0.3) is 10.4 Å². The van der Waals surface area contributed by atoms with Crippen molar-refractivity contribution in [3.8, 4) is 28.0 Å². The van der Waals surface area contributed by atoms with Crippen molar-refractivity contribution in [2.45, 2.75) is 6.92 Å². The molecule has 1 aromatic heterocycles. The first-order valence-corrected chi connectivity index (χ1v) is 11.9. The number of morpholine rings is 1. The SMILES string of the molecule is COc1cc(C#N)ccc1OCC(=O)Nc1sc(-c2ccccc2)c(C)c1C(=O)N1CCOCC1. The highest BCUT2D eigenvalue weighted by atomic mass is 32.1. The lowest BCUT2D eigenvalue weighted by molar-refractivity contribution is -0.118. The first-order valence-electron chi connectivity index (χ1n) is 11.1. The van der Waals surface area contributed by atoms with E-state index < -0.39 is 5.91 Å². The number of hydrogen-bond acceptors (Lipinski definition) is 7. The van der Waals surface area contributed by atoms with E-state index in [2.05, 4.69) is 5.32 Å². The number of carbonyl (C=O) groups is 2. The third-order valence-corrected chi connectivity index (χ3v) is 6.86. The molecule has 4 rings (SSSR count). The number of amides is 2. The lowest BCUT2D eigenvalue weighted by Gasteiger charge is -2.27. The predicted octanol–water partition coefficient (Wildman–Crippen LogP) is 4.09. The van der Waals surface area contributed by atoms with Crippen LogP contribution in [0.4, 0.5) is 5.00 Å². The zero-order valence-electron chi connectivity index (χ0n) is 19.5. The second-order valence-electron chi connectivity index (χ2n) is 7.85. The summed E-state index contributed by atoms with van der Waals surface area (Å²) in [6, 6.07) is 16.5. The largest absolute Gasteiger partial charge is 0.493 e. The normalized spacial score (nSPS) is 13.1. The van der Waals surface area contributed by atoms with Gasteiger partial charge in [-0.25, -0.2) is 0 Å². The van der Waals surface area contributed by atoms with Crippen molar-refractivity contribution in [2.75, 3.05) is 45.3 Å². The molecule has 0 spiro atoms. The van der Waals surface area contributed by atoms with Crippen molar-refractivity contribution in [2.24, 2.45) is 0 Å². The van der Waals surface area contributed by atoms with E-state index in [0.717, 1.165) is 16.0 Å². The van der Waals surface area contributed by atoms with Gasteiger partial charge in [0.2, 0.25) is 0 Å². The molecule has 0 unspecified atom stereocenters. The van der Waals surface area contributed by atoms with Crippen LogP contribution in [0.5, 0.6) is 11.5 Å². The molecule has 2 aromatic carbocycles. The van der Waals surface area contributed by atoms with Crippen LogP contribution in [0.3, 0.4) is 0 Å². The molecule has 0 saturated carbocycles. The number of carbonyl (C=O) groups excluding carboxylic acids is 2.